The molecule has 0 N–H and O–H groups in total. The predicted molar refractivity (Wildman–Crippen MR) is 160 cm³/mol. The molecule has 0 aliphatic carbocycles. The van der Waals surface area contributed by atoms with Crippen molar-refractivity contribution >= 4 is 10.9 Å². The maximum Gasteiger partial charge on any atom is 0.150 e. The summed E-state index contributed by atoms with van der Waals surface area (Å²) in [5.74, 6) is 2.37. The molecule has 1 aromatic heterocycles. The highest BCUT2D eigenvalue weighted by Gasteiger charge is 2.37. The van der Waals surface area contributed by atoms with Gasteiger partial charge in [0.2, 0.25) is 0 Å². The average Bonchev–Trinajstić information content (AvgIpc) is 3.40. The first-order chi connectivity index (χ1) is 20.0. The number of alkyl halides is 1. The normalized spacial score (nSPS) is 24.0. The van der Waals surface area contributed by atoms with Crippen LogP contribution in [0.25, 0.3) is 10.9 Å². The highest BCUT2D eigenvalue weighted by Crippen LogP contribution is 2.45. The van der Waals surface area contributed by atoms with Crippen LogP contribution in [0.1, 0.15) is 69.0 Å². The molecular weight excluding hydrogens is 519 g/mol. The number of fused-ring (bicyclic) bond motifs is 3. The molecule has 222 valence electrons. The van der Waals surface area contributed by atoms with E-state index in [0.29, 0.717) is 18.6 Å². The van der Waals surface area contributed by atoms with Crippen LogP contribution in [0, 0.1) is 11.8 Å². The van der Waals surface area contributed by atoms with Crippen LogP contribution in [0.5, 0.6) is 11.5 Å². The van der Waals surface area contributed by atoms with Gasteiger partial charge in [0, 0.05) is 61.8 Å². The zero-order valence-electron chi connectivity index (χ0n) is 25.0. The first-order valence-corrected chi connectivity index (χ1v) is 15.4. The van der Waals surface area contributed by atoms with Crippen molar-refractivity contribution in [3.63, 3.8) is 0 Å². The number of rotatable bonds is 10. The van der Waals surface area contributed by atoms with Gasteiger partial charge in [-0.2, -0.15) is 5.10 Å². The fourth-order valence-electron chi connectivity index (χ4n) is 6.98. The Kier molecular flexibility index (Phi) is 8.52. The summed E-state index contributed by atoms with van der Waals surface area (Å²) in [6.07, 6.45) is 6.37. The van der Waals surface area contributed by atoms with E-state index in [2.05, 4.69) is 65.7 Å². The highest BCUT2D eigenvalue weighted by molar-refractivity contribution is 5.84. The van der Waals surface area contributed by atoms with Crippen LogP contribution in [0.2, 0.25) is 0 Å². The van der Waals surface area contributed by atoms with Gasteiger partial charge in [-0.3, -0.25) is 14.2 Å². The Morgan fingerprint density at radius 1 is 1.12 bits per heavy atom. The number of methoxy groups -OCH3 is 1. The van der Waals surface area contributed by atoms with Crippen LogP contribution in [0.15, 0.2) is 36.5 Å². The maximum absolute atomic E-state index is 12.8. The van der Waals surface area contributed by atoms with Crippen molar-refractivity contribution in [2.24, 2.45) is 11.8 Å². The molecule has 3 aromatic rings. The summed E-state index contributed by atoms with van der Waals surface area (Å²) >= 11 is 0. The average molecular weight is 565 g/mol. The van der Waals surface area contributed by atoms with E-state index in [1.165, 1.54) is 22.9 Å². The minimum absolute atomic E-state index is 0.0207. The van der Waals surface area contributed by atoms with Crippen molar-refractivity contribution < 1.29 is 18.6 Å². The Morgan fingerprint density at radius 3 is 2.68 bits per heavy atom. The Labute approximate surface area is 243 Å². The Hall–Kier alpha value is -2.68. The second-order valence-corrected chi connectivity index (χ2v) is 12.6. The SMILES string of the molecule is COc1cc(OCCN2CC(CF)C2)ccc1[C@@H]1c2ccc3c(cnn3C3CCCCO3)c2C[C@@H](C)N1CC(C)C. The standard InChI is InChI=1S/C33H45FN4O3/c1-22(2)19-37-23(3)15-28-26(10-11-30-29(28)18-35-38(30)32-7-5-6-13-41-32)33(37)27-9-8-25(16-31(27)39-4)40-14-12-36-20-24(17-34)21-36/h8-11,16,18,22-24,32-33H,5-7,12-15,17,19-21H2,1-4H3/t23-,32?,33+/m1/s1. The molecular formula is C33H45FN4O3. The predicted octanol–water partition coefficient (Wildman–Crippen LogP) is 6.02. The fourth-order valence-corrected chi connectivity index (χ4v) is 6.98. The van der Waals surface area contributed by atoms with Gasteiger partial charge >= 0.3 is 0 Å². The van der Waals surface area contributed by atoms with Crippen LogP contribution >= 0.6 is 0 Å². The topological polar surface area (TPSA) is 52.0 Å². The Morgan fingerprint density at radius 2 is 1.95 bits per heavy atom. The van der Waals surface area contributed by atoms with E-state index in [4.69, 9.17) is 19.3 Å². The van der Waals surface area contributed by atoms with Crippen molar-refractivity contribution in [3.05, 3.63) is 53.2 Å². The zero-order valence-corrected chi connectivity index (χ0v) is 25.0. The van der Waals surface area contributed by atoms with E-state index in [-0.39, 0.29) is 24.9 Å². The van der Waals surface area contributed by atoms with Crippen LogP contribution in [0.4, 0.5) is 4.39 Å². The van der Waals surface area contributed by atoms with Gasteiger partial charge in [-0.1, -0.05) is 19.9 Å². The summed E-state index contributed by atoms with van der Waals surface area (Å²) in [5, 5.41) is 6.07. The van der Waals surface area contributed by atoms with Crippen molar-refractivity contribution in [2.75, 3.05) is 53.2 Å². The van der Waals surface area contributed by atoms with Crippen molar-refractivity contribution in [2.45, 2.75) is 64.8 Å². The highest BCUT2D eigenvalue weighted by atomic mass is 19.1. The molecule has 6 rings (SSSR count). The fraction of sp³-hybridized carbons (Fsp3) is 0.606. The van der Waals surface area contributed by atoms with Gasteiger partial charge in [0.1, 0.15) is 18.1 Å². The first kappa shape index (κ1) is 28.4. The molecule has 4 heterocycles. The second kappa shape index (κ2) is 12.3. The molecule has 0 saturated carbocycles. The number of nitrogens with zero attached hydrogens (tertiary/aromatic N) is 4. The largest absolute Gasteiger partial charge is 0.496 e. The maximum atomic E-state index is 12.8. The molecule has 3 aliphatic heterocycles. The molecule has 0 amide bonds. The number of halogens is 1. The van der Waals surface area contributed by atoms with Crippen LogP contribution in [-0.2, 0) is 11.2 Å². The van der Waals surface area contributed by atoms with E-state index in [1.54, 1.807) is 7.11 Å². The molecule has 3 atom stereocenters. The van der Waals surface area contributed by atoms with Crippen molar-refractivity contribution in [3.8, 4) is 11.5 Å². The van der Waals surface area contributed by atoms with E-state index in [9.17, 15) is 4.39 Å². The lowest BCUT2D eigenvalue weighted by Gasteiger charge is -2.43. The number of benzene rings is 2. The number of likely N-dealkylation sites (tertiary alicyclic amines) is 1. The van der Waals surface area contributed by atoms with Gasteiger partial charge in [0.15, 0.2) is 6.23 Å². The van der Waals surface area contributed by atoms with Gasteiger partial charge in [-0.25, -0.2) is 4.68 Å². The molecule has 1 unspecified atom stereocenters. The van der Waals surface area contributed by atoms with Crippen LogP contribution in [0.3, 0.4) is 0 Å². The lowest BCUT2D eigenvalue weighted by molar-refractivity contribution is -0.0366. The van der Waals surface area contributed by atoms with Gasteiger partial charge < -0.3 is 14.2 Å². The molecule has 2 saturated heterocycles. The molecule has 0 bridgehead atoms. The summed E-state index contributed by atoms with van der Waals surface area (Å²) in [6, 6.07) is 11.3. The third kappa shape index (κ3) is 5.71. The van der Waals surface area contributed by atoms with Crippen molar-refractivity contribution in [1.82, 2.24) is 19.6 Å². The minimum atomic E-state index is -0.227. The van der Waals surface area contributed by atoms with Gasteiger partial charge in [0.05, 0.1) is 31.5 Å². The number of aromatic nitrogens is 2. The van der Waals surface area contributed by atoms with Crippen molar-refractivity contribution in [1.29, 1.82) is 0 Å². The molecule has 2 aromatic carbocycles. The number of hydrogen-bond donors (Lipinski definition) is 0. The van der Waals surface area contributed by atoms with E-state index < -0.39 is 0 Å². The Balaban J connectivity index is 1.31. The third-order valence-electron chi connectivity index (χ3n) is 9.05. The third-order valence-corrected chi connectivity index (χ3v) is 9.05. The van der Waals surface area contributed by atoms with Crippen LogP contribution in [-0.4, -0.2) is 78.8 Å². The lowest BCUT2D eigenvalue weighted by Crippen LogP contribution is -2.49. The van der Waals surface area contributed by atoms with E-state index in [0.717, 1.165) is 74.6 Å². The van der Waals surface area contributed by atoms with E-state index >= 15 is 0 Å². The van der Waals surface area contributed by atoms with Gasteiger partial charge in [-0.15, -0.1) is 0 Å². The zero-order chi connectivity index (χ0) is 28.5. The molecule has 0 radical (unpaired) electrons. The molecule has 41 heavy (non-hydrogen) atoms. The van der Waals surface area contributed by atoms with Gasteiger partial charge in [-0.05, 0) is 67.9 Å². The first-order valence-electron chi connectivity index (χ1n) is 15.4. The molecule has 8 heteroatoms. The summed E-state index contributed by atoms with van der Waals surface area (Å²) in [6.45, 7) is 11.5. The monoisotopic (exact) mass is 564 g/mol. The summed E-state index contributed by atoms with van der Waals surface area (Å²) in [5.41, 5.74) is 5.02. The molecule has 3 aliphatic rings. The minimum Gasteiger partial charge on any atom is -0.496 e. The molecule has 0 spiro atoms. The molecule has 2 fully saturated rings. The summed E-state index contributed by atoms with van der Waals surface area (Å²) in [4.78, 5) is 4.88. The quantitative estimate of drug-likeness (QED) is 0.300. The van der Waals surface area contributed by atoms with Gasteiger partial charge in [0.25, 0.3) is 0 Å². The van der Waals surface area contributed by atoms with E-state index in [1.807, 2.05) is 6.07 Å². The summed E-state index contributed by atoms with van der Waals surface area (Å²) in [7, 11) is 1.75. The summed E-state index contributed by atoms with van der Waals surface area (Å²) < 4.78 is 33.1. The van der Waals surface area contributed by atoms with Crippen LogP contribution < -0.4 is 9.47 Å². The second-order valence-electron chi connectivity index (χ2n) is 12.6. The smallest absolute Gasteiger partial charge is 0.150 e. The number of hydrogen-bond acceptors (Lipinski definition) is 6. The Bertz CT molecular complexity index is 1330. The lowest BCUT2D eigenvalue weighted by atomic mass is 9.82. The number of ether oxygens (including phenoxy) is 3. The molecule has 7 nitrogen and oxygen atoms in total.